The largest absolute Gasteiger partial charge is 0.489 e. The highest BCUT2D eigenvalue weighted by molar-refractivity contribution is 9.10. The van der Waals surface area contributed by atoms with Crippen molar-refractivity contribution in [1.82, 2.24) is 0 Å². The summed E-state index contributed by atoms with van der Waals surface area (Å²) in [6.07, 6.45) is 1.37. The van der Waals surface area contributed by atoms with Crippen molar-refractivity contribution < 1.29 is 9.84 Å². The Morgan fingerprint density at radius 2 is 2.00 bits per heavy atom. The molecule has 0 spiro atoms. The van der Waals surface area contributed by atoms with Crippen molar-refractivity contribution >= 4 is 15.9 Å². The van der Waals surface area contributed by atoms with E-state index < -0.39 is 5.60 Å². The number of nitrogens with two attached hydrogens (primary N) is 1. The summed E-state index contributed by atoms with van der Waals surface area (Å²) in [6, 6.07) is 5.74. The maximum Gasteiger partial charge on any atom is 0.133 e. The maximum atomic E-state index is 10.1. The molecule has 0 heterocycles. The van der Waals surface area contributed by atoms with Crippen LogP contribution in [0.3, 0.4) is 0 Å². The summed E-state index contributed by atoms with van der Waals surface area (Å²) < 4.78 is 6.52. The van der Waals surface area contributed by atoms with Gasteiger partial charge in [0.2, 0.25) is 0 Å². The van der Waals surface area contributed by atoms with Gasteiger partial charge in [-0.05, 0) is 46.5 Å². The predicted molar refractivity (Wildman–Crippen MR) is 73.1 cm³/mol. The van der Waals surface area contributed by atoms with E-state index in [-0.39, 0.29) is 0 Å². The SMILES string of the molecule is CCC(O)(CC)COc1ccc(CN)cc1Br. The van der Waals surface area contributed by atoms with E-state index in [1.54, 1.807) is 0 Å². The maximum absolute atomic E-state index is 10.1. The van der Waals surface area contributed by atoms with Crippen molar-refractivity contribution in [3.05, 3.63) is 28.2 Å². The lowest BCUT2D eigenvalue weighted by Crippen LogP contribution is -2.34. The summed E-state index contributed by atoms with van der Waals surface area (Å²) in [4.78, 5) is 0. The third-order valence-electron chi connectivity index (χ3n) is 3.04. The van der Waals surface area contributed by atoms with E-state index in [2.05, 4.69) is 15.9 Å². The summed E-state index contributed by atoms with van der Waals surface area (Å²) in [5.41, 5.74) is 5.86. The van der Waals surface area contributed by atoms with Crippen LogP contribution < -0.4 is 10.5 Å². The lowest BCUT2D eigenvalue weighted by atomic mass is 9.99. The van der Waals surface area contributed by atoms with E-state index in [9.17, 15) is 5.11 Å². The first kappa shape index (κ1) is 14.5. The van der Waals surface area contributed by atoms with E-state index in [1.165, 1.54) is 0 Å². The molecule has 0 unspecified atom stereocenters. The lowest BCUT2D eigenvalue weighted by molar-refractivity contribution is -0.0115. The van der Waals surface area contributed by atoms with Crippen molar-refractivity contribution in [2.45, 2.75) is 38.8 Å². The molecule has 0 atom stereocenters. The van der Waals surface area contributed by atoms with Gasteiger partial charge in [0.05, 0.1) is 10.1 Å². The molecular weight excluding hydrogens is 282 g/mol. The molecule has 17 heavy (non-hydrogen) atoms. The number of hydrogen-bond acceptors (Lipinski definition) is 3. The molecule has 0 aliphatic heterocycles. The summed E-state index contributed by atoms with van der Waals surface area (Å²) in [6.45, 7) is 4.73. The third kappa shape index (κ3) is 3.98. The third-order valence-corrected chi connectivity index (χ3v) is 3.66. The first-order chi connectivity index (χ1) is 8.04. The average Bonchev–Trinajstić information content (AvgIpc) is 2.36. The molecule has 0 amide bonds. The molecule has 1 rings (SSSR count). The topological polar surface area (TPSA) is 55.5 Å². The molecular formula is C13H20BrNO2. The molecule has 0 radical (unpaired) electrons. The Kier molecular flexibility index (Phi) is 5.43. The van der Waals surface area contributed by atoms with E-state index >= 15 is 0 Å². The molecule has 1 aromatic rings. The summed E-state index contributed by atoms with van der Waals surface area (Å²) >= 11 is 3.44. The van der Waals surface area contributed by atoms with Gasteiger partial charge in [-0.15, -0.1) is 0 Å². The molecule has 4 heteroatoms. The average molecular weight is 302 g/mol. The molecule has 3 nitrogen and oxygen atoms in total. The second-order valence-electron chi connectivity index (χ2n) is 4.19. The Labute approximate surface area is 111 Å². The van der Waals surface area contributed by atoms with Crippen molar-refractivity contribution in [3.63, 3.8) is 0 Å². The Morgan fingerprint density at radius 3 is 2.47 bits per heavy atom. The van der Waals surface area contributed by atoms with Crippen LogP contribution in [0.4, 0.5) is 0 Å². The number of ether oxygens (including phenoxy) is 1. The zero-order chi connectivity index (χ0) is 12.9. The first-order valence-electron chi connectivity index (χ1n) is 5.88. The molecule has 0 fully saturated rings. The lowest BCUT2D eigenvalue weighted by Gasteiger charge is -2.25. The molecule has 3 N–H and O–H groups in total. The van der Waals surface area contributed by atoms with Gasteiger partial charge in [-0.3, -0.25) is 0 Å². The van der Waals surface area contributed by atoms with Crippen LogP contribution in [0.1, 0.15) is 32.3 Å². The van der Waals surface area contributed by atoms with Crippen molar-refractivity contribution in [3.8, 4) is 5.75 Å². The fourth-order valence-electron chi connectivity index (χ4n) is 1.45. The number of benzene rings is 1. The number of halogens is 1. The zero-order valence-corrected chi connectivity index (χ0v) is 12.0. The molecule has 0 saturated heterocycles. The van der Waals surface area contributed by atoms with Gasteiger partial charge in [0.25, 0.3) is 0 Å². The van der Waals surface area contributed by atoms with Crippen LogP contribution in [0.2, 0.25) is 0 Å². The molecule has 0 aliphatic rings. The molecule has 1 aromatic carbocycles. The van der Waals surface area contributed by atoms with Gasteiger partial charge in [-0.25, -0.2) is 0 Å². The molecule has 96 valence electrons. The first-order valence-corrected chi connectivity index (χ1v) is 6.67. The Bertz CT molecular complexity index is 364. The quantitative estimate of drug-likeness (QED) is 0.849. The zero-order valence-electron chi connectivity index (χ0n) is 10.4. The Morgan fingerprint density at radius 1 is 1.35 bits per heavy atom. The van der Waals surface area contributed by atoms with Gasteiger partial charge in [0.1, 0.15) is 12.4 Å². The van der Waals surface area contributed by atoms with Gasteiger partial charge in [-0.1, -0.05) is 19.9 Å². The number of hydrogen-bond donors (Lipinski definition) is 2. The van der Waals surface area contributed by atoms with E-state index in [0.29, 0.717) is 26.0 Å². The van der Waals surface area contributed by atoms with Crippen molar-refractivity contribution in [2.24, 2.45) is 5.73 Å². The Balaban J connectivity index is 2.69. The van der Waals surface area contributed by atoms with E-state index in [0.717, 1.165) is 15.8 Å². The number of rotatable bonds is 6. The fourth-order valence-corrected chi connectivity index (χ4v) is 2.00. The smallest absolute Gasteiger partial charge is 0.133 e. The second kappa shape index (κ2) is 6.38. The normalized spacial score (nSPS) is 11.6. The molecule has 0 aliphatic carbocycles. The highest BCUT2D eigenvalue weighted by Gasteiger charge is 2.23. The van der Waals surface area contributed by atoms with Gasteiger partial charge < -0.3 is 15.6 Å². The van der Waals surface area contributed by atoms with Crippen LogP contribution in [0.15, 0.2) is 22.7 Å². The van der Waals surface area contributed by atoms with Gasteiger partial charge in [-0.2, -0.15) is 0 Å². The van der Waals surface area contributed by atoms with Gasteiger partial charge in [0.15, 0.2) is 0 Å². The summed E-state index contributed by atoms with van der Waals surface area (Å²) in [7, 11) is 0. The van der Waals surface area contributed by atoms with E-state index in [4.69, 9.17) is 10.5 Å². The fraction of sp³-hybridized carbons (Fsp3) is 0.538. The highest BCUT2D eigenvalue weighted by Crippen LogP contribution is 2.27. The molecule has 0 bridgehead atoms. The summed E-state index contributed by atoms with van der Waals surface area (Å²) in [5, 5.41) is 10.1. The van der Waals surface area contributed by atoms with Gasteiger partial charge >= 0.3 is 0 Å². The minimum Gasteiger partial charge on any atom is -0.489 e. The van der Waals surface area contributed by atoms with Crippen LogP contribution in [-0.2, 0) is 6.54 Å². The van der Waals surface area contributed by atoms with Gasteiger partial charge in [0, 0.05) is 6.54 Å². The number of aliphatic hydroxyl groups is 1. The van der Waals surface area contributed by atoms with Crippen LogP contribution in [0, 0.1) is 0 Å². The minimum atomic E-state index is -0.744. The van der Waals surface area contributed by atoms with E-state index in [1.807, 2.05) is 32.0 Å². The second-order valence-corrected chi connectivity index (χ2v) is 5.04. The minimum absolute atomic E-state index is 0.306. The van der Waals surface area contributed by atoms with Crippen LogP contribution >= 0.6 is 15.9 Å². The Hall–Kier alpha value is -0.580. The van der Waals surface area contributed by atoms with Crippen LogP contribution in [0.25, 0.3) is 0 Å². The predicted octanol–water partition coefficient (Wildman–Crippen LogP) is 2.84. The van der Waals surface area contributed by atoms with Crippen molar-refractivity contribution in [2.75, 3.05) is 6.61 Å². The molecule has 0 saturated carbocycles. The van der Waals surface area contributed by atoms with Crippen LogP contribution in [-0.4, -0.2) is 17.3 Å². The van der Waals surface area contributed by atoms with Crippen molar-refractivity contribution in [1.29, 1.82) is 0 Å². The summed E-state index contributed by atoms with van der Waals surface area (Å²) in [5.74, 6) is 0.738. The monoisotopic (exact) mass is 301 g/mol. The standard InChI is InChI=1S/C13H20BrNO2/c1-3-13(16,4-2)9-17-12-6-5-10(8-15)7-11(12)14/h5-7,16H,3-4,8-9,15H2,1-2H3. The van der Waals surface area contributed by atoms with Crippen LogP contribution in [0.5, 0.6) is 5.75 Å². The highest BCUT2D eigenvalue weighted by atomic mass is 79.9. The molecule has 0 aromatic heterocycles.